The van der Waals surface area contributed by atoms with Crippen molar-refractivity contribution in [2.75, 3.05) is 19.8 Å². The quantitative estimate of drug-likeness (QED) is 0.275. The fourth-order valence-corrected chi connectivity index (χ4v) is 4.89. The molecule has 0 radical (unpaired) electrons. The zero-order chi connectivity index (χ0) is 26.3. The zero-order valence-corrected chi connectivity index (χ0v) is 23.8. The lowest BCUT2D eigenvalue weighted by Gasteiger charge is -2.28. The maximum Gasteiger partial charge on any atom is 0.252 e. The molecule has 1 heterocycles. The Hall–Kier alpha value is -2.68. The molecule has 1 amide bonds. The van der Waals surface area contributed by atoms with E-state index in [1.165, 1.54) is 0 Å². The molecule has 3 aromatic rings. The number of nitrogens with zero attached hydrogens (tertiary/aromatic N) is 1. The largest absolute Gasteiger partial charge is 0.494 e. The zero-order valence-electron chi connectivity index (χ0n) is 20.6. The molecule has 2 N–H and O–H groups in total. The SMILES string of the molecule is C[C@H]1OC(c2ccc(OCCCO)cc2)=N[C@@]1(Cc1ccccc1Br)C(=O)NCCc1ccc(Br)cc1. The molecule has 1 aliphatic rings. The predicted molar refractivity (Wildman–Crippen MR) is 152 cm³/mol. The Bertz CT molecular complexity index is 1230. The normalized spacial score (nSPS) is 18.7. The number of aliphatic hydroxyl groups is 1. The molecule has 2 atom stereocenters. The van der Waals surface area contributed by atoms with Crippen molar-refractivity contribution in [1.82, 2.24) is 5.32 Å². The van der Waals surface area contributed by atoms with Crippen LogP contribution in [0.5, 0.6) is 5.75 Å². The van der Waals surface area contributed by atoms with Gasteiger partial charge in [-0.15, -0.1) is 0 Å². The highest BCUT2D eigenvalue weighted by Crippen LogP contribution is 2.34. The number of aliphatic imine (C=N–C) groups is 1. The van der Waals surface area contributed by atoms with Gasteiger partial charge in [-0.1, -0.05) is 62.2 Å². The van der Waals surface area contributed by atoms with E-state index < -0.39 is 11.6 Å². The summed E-state index contributed by atoms with van der Waals surface area (Å²) in [5.74, 6) is 0.977. The molecule has 8 heteroatoms. The van der Waals surface area contributed by atoms with Gasteiger partial charge in [-0.3, -0.25) is 4.79 Å². The van der Waals surface area contributed by atoms with Crippen LogP contribution in [0.4, 0.5) is 0 Å². The number of amides is 1. The van der Waals surface area contributed by atoms with Gasteiger partial charge < -0.3 is 19.9 Å². The minimum Gasteiger partial charge on any atom is -0.494 e. The number of carbonyl (C=O) groups is 1. The molecule has 3 aromatic carbocycles. The predicted octanol–water partition coefficient (Wildman–Crippen LogP) is 5.48. The van der Waals surface area contributed by atoms with Crippen LogP contribution in [0.1, 0.15) is 30.0 Å². The lowest BCUT2D eigenvalue weighted by atomic mass is 9.86. The smallest absolute Gasteiger partial charge is 0.252 e. The van der Waals surface area contributed by atoms with E-state index in [2.05, 4.69) is 37.2 Å². The minimum absolute atomic E-state index is 0.0887. The second-order valence-corrected chi connectivity index (χ2v) is 10.7. The molecule has 0 unspecified atom stereocenters. The van der Waals surface area contributed by atoms with E-state index in [1.54, 1.807) is 0 Å². The number of rotatable bonds is 11. The summed E-state index contributed by atoms with van der Waals surface area (Å²) in [6, 6.07) is 23.4. The van der Waals surface area contributed by atoms with Gasteiger partial charge in [0.15, 0.2) is 5.54 Å². The second-order valence-electron chi connectivity index (χ2n) is 8.95. The van der Waals surface area contributed by atoms with E-state index >= 15 is 0 Å². The second kappa shape index (κ2) is 12.7. The first-order valence-electron chi connectivity index (χ1n) is 12.3. The van der Waals surface area contributed by atoms with Gasteiger partial charge in [0.25, 0.3) is 5.91 Å². The van der Waals surface area contributed by atoms with Crippen molar-refractivity contribution in [3.8, 4) is 5.75 Å². The third kappa shape index (κ3) is 6.80. The molecule has 6 nitrogen and oxygen atoms in total. The van der Waals surface area contributed by atoms with Crippen molar-refractivity contribution in [1.29, 1.82) is 0 Å². The first-order valence-corrected chi connectivity index (χ1v) is 13.9. The highest BCUT2D eigenvalue weighted by atomic mass is 79.9. The number of ether oxygens (including phenoxy) is 2. The third-order valence-corrected chi connectivity index (χ3v) is 7.66. The van der Waals surface area contributed by atoms with Crippen LogP contribution in [-0.2, 0) is 22.4 Å². The van der Waals surface area contributed by atoms with Crippen molar-refractivity contribution in [2.45, 2.75) is 37.8 Å². The van der Waals surface area contributed by atoms with E-state index in [-0.39, 0.29) is 12.5 Å². The summed E-state index contributed by atoms with van der Waals surface area (Å²) in [5, 5.41) is 12.1. The summed E-state index contributed by atoms with van der Waals surface area (Å²) in [6.07, 6.45) is 1.21. The van der Waals surface area contributed by atoms with Crippen LogP contribution in [0, 0.1) is 0 Å². The van der Waals surface area contributed by atoms with Crippen molar-refractivity contribution in [2.24, 2.45) is 4.99 Å². The Labute approximate surface area is 234 Å². The molecule has 0 spiro atoms. The third-order valence-electron chi connectivity index (χ3n) is 6.36. The van der Waals surface area contributed by atoms with E-state index in [0.717, 1.165) is 25.6 Å². The van der Waals surface area contributed by atoms with Gasteiger partial charge in [0.05, 0.1) is 6.61 Å². The summed E-state index contributed by atoms with van der Waals surface area (Å²) >= 11 is 7.08. The van der Waals surface area contributed by atoms with Crippen molar-refractivity contribution >= 4 is 43.7 Å². The van der Waals surface area contributed by atoms with Crippen LogP contribution < -0.4 is 10.1 Å². The first-order chi connectivity index (χ1) is 17.9. The summed E-state index contributed by atoms with van der Waals surface area (Å²) in [4.78, 5) is 18.7. The molecule has 0 fully saturated rings. The number of aliphatic hydroxyl groups excluding tert-OH is 1. The van der Waals surface area contributed by atoms with Crippen LogP contribution in [0.2, 0.25) is 0 Å². The monoisotopic (exact) mass is 628 g/mol. The van der Waals surface area contributed by atoms with Gasteiger partial charge in [0.1, 0.15) is 11.9 Å². The number of hydrogen-bond donors (Lipinski definition) is 2. The molecule has 4 rings (SSSR count). The van der Waals surface area contributed by atoms with E-state index in [0.29, 0.717) is 44.1 Å². The molecule has 37 heavy (non-hydrogen) atoms. The van der Waals surface area contributed by atoms with E-state index in [1.807, 2.05) is 79.7 Å². The molecular formula is C29H30Br2N2O4. The number of halogens is 2. The highest BCUT2D eigenvalue weighted by Gasteiger charge is 2.50. The Morgan fingerprint density at radius 3 is 2.51 bits per heavy atom. The van der Waals surface area contributed by atoms with Gasteiger partial charge in [-0.2, -0.15) is 0 Å². The van der Waals surface area contributed by atoms with Crippen LogP contribution in [0.15, 0.2) is 86.7 Å². The minimum atomic E-state index is -1.12. The summed E-state index contributed by atoms with van der Waals surface area (Å²) in [5.41, 5.74) is 1.79. The summed E-state index contributed by atoms with van der Waals surface area (Å²) in [7, 11) is 0. The fourth-order valence-electron chi connectivity index (χ4n) is 4.20. The van der Waals surface area contributed by atoms with Gasteiger partial charge in [0, 0.05) is 40.5 Å². The molecule has 1 aliphatic heterocycles. The van der Waals surface area contributed by atoms with Crippen molar-refractivity contribution in [3.05, 3.63) is 98.4 Å². The molecule has 194 valence electrons. The molecule has 0 saturated heterocycles. The highest BCUT2D eigenvalue weighted by molar-refractivity contribution is 9.10. The number of benzene rings is 3. The average Bonchev–Trinajstić information content (AvgIpc) is 3.24. The van der Waals surface area contributed by atoms with Crippen LogP contribution in [0.3, 0.4) is 0 Å². The maximum atomic E-state index is 13.8. The molecule has 0 saturated carbocycles. The van der Waals surface area contributed by atoms with Crippen LogP contribution in [-0.4, -0.2) is 48.3 Å². The number of carbonyl (C=O) groups excluding carboxylic acids is 1. The standard InChI is InChI=1S/C29H30Br2N2O4/c1-20-29(19-23-5-2-3-6-26(23)31,28(35)32-16-15-21-7-11-24(30)12-8-21)33-27(37-20)22-9-13-25(14-10-22)36-18-4-17-34/h2-3,5-14,20,34H,4,15-19H2,1H3,(H,32,35)/t20-,29-/m1/s1. The van der Waals surface area contributed by atoms with E-state index in [9.17, 15) is 4.79 Å². The average molecular weight is 630 g/mol. The Morgan fingerprint density at radius 1 is 1.08 bits per heavy atom. The Balaban J connectivity index is 1.56. The first kappa shape index (κ1) is 27.4. The van der Waals surface area contributed by atoms with Gasteiger partial charge in [0.2, 0.25) is 5.90 Å². The number of hydrogen-bond acceptors (Lipinski definition) is 5. The van der Waals surface area contributed by atoms with Crippen LogP contribution in [0.25, 0.3) is 0 Å². The van der Waals surface area contributed by atoms with Crippen LogP contribution >= 0.6 is 31.9 Å². The Morgan fingerprint density at radius 2 is 1.81 bits per heavy atom. The lowest BCUT2D eigenvalue weighted by Crippen LogP contribution is -2.53. The molecular weight excluding hydrogens is 600 g/mol. The summed E-state index contributed by atoms with van der Waals surface area (Å²) < 4.78 is 13.8. The van der Waals surface area contributed by atoms with Gasteiger partial charge >= 0.3 is 0 Å². The maximum absolute atomic E-state index is 13.8. The summed E-state index contributed by atoms with van der Waals surface area (Å²) in [6.45, 7) is 2.93. The Kier molecular flexibility index (Phi) is 9.40. The molecule has 0 aromatic heterocycles. The molecule has 0 aliphatic carbocycles. The van der Waals surface area contributed by atoms with E-state index in [4.69, 9.17) is 19.6 Å². The van der Waals surface area contributed by atoms with Gasteiger partial charge in [-0.05, 0) is 66.9 Å². The topological polar surface area (TPSA) is 80.2 Å². The lowest BCUT2D eigenvalue weighted by molar-refractivity contribution is -0.128. The van der Waals surface area contributed by atoms with Gasteiger partial charge in [-0.25, -0.2) is 4.99 Å². The molecule has 0 bridgehead atoms. The fraction of sp³-hybridized carbons (Fsp3) is 0.310. The van der Waals surface area contributed by atoms with Crippen molar-refractivity contribution in [3.63, 3.8) is 0 Å². The number of nitrogens with one attached hydrogen (secondary N) is 1. The van der Waals surface area contributed by atoms with Crippen molar-refractivity contribution < 1.29 is 19.4 Å².